The van der Waals surface area contributed by atoms with Gasteiger partial charge < -0.3 is 0 Å². The zero-order valence-electron chi connectivity index (χ0n) is 10.1. The van der Waals surface area contributed by atoms with Crippen LogP contribution in [0.4, 0.5) is 8.78 Å². The quantitative estimate of drug-likeness (QED) is 0.810. The first kappa shape index (κ1) is 13.7. The van der Waals surface area contributed by atoms with Crippen molar-refractivity contribution >= 4 is 22.0 Å². The molecule has 98 valence electrons. The number of alkyl halides is 1. The van der Waals surface area contributed by atoms with E-state index in [2.05, 4.69) is 20.8 Å². The Hall–Kier alpha value is -0.740. The highest BCUT2D eigenvalue weighted by atomic mass is 79.9. The summed E-state index contributed by atoms with van der Waals surface area (Å²) in [4.78, 5) is 2.21. The van der Waals surface area contributed by atoms with Gasteiger partial charge in [0.2, 0.25) is 0 Å². The third kappa shape index (κ3) is 3.62. The molecule has 18 heavy (non-hydrogen) atoms. The average Bonchev–Trinajstić information content (AvgIpc) is 2.78. The van der Waals surface area contributed by atoms with Crippen LogP contribution in [-0.4, -0.2) is 31.2 Å². The number of hydrogen-bond acceptors (Lipinski definition) is 1. The maximum Gasteiger partial charge on any atom is 0.131 e. The molecule has 0 unspecified atom stereocenters. The minimum absolute atomic E-state index is 0.209. The van der Waals surface area contributed by atoms with E-state index in [1.807, 2.05) is 12.1 Å². The van der Waals surface area contributed by atoms with Crippen LogP contribution < -0.4 is 0 Å². The van der Waals surface area contributed by atoms with Crippen molar-refractivity contribution in [3.63, 3.8) is 0 Å². The van der Waals surface area contributed by atoms with Crippen LogP contribution in [-0.2, 0) is 0 Å². The van der Waals surface area contributed by atoms with Gasteiger partial charge in [-0.1, -0.05) is 33.6 Å². The number of rotatable bonds is 4. The molecule has 1 aliphatic rings. The zero-order chi connectivity index (χ0) is 13.0. The van der Waals surface area contributed by atoms with Crippen molar-refractivity contribution in [2.75, 3.05) is 26.3 Å². The van der Waals surface area contributed by atoms with E-state index < -0.39 is 0 Å². The van der Waals surface area contributed by atoms with Crippen molar-refractivity contribution in [3.05, 3.63) is 39.6 Å². The molecule has 0 saturated carbocycles. The van der Waals surface area contributed by atoms with Crippen LogP contribution in [0.5, 0.6) is 0 Å². The molecule has 0 aliphatic carbocycles. The molecule has 0 spiro atoms. The Bertz CT molecular complexity index is 445. The van der Waals surface area contributed by atoms with Gasteiger partial charge in [0.15, 0.2) is 0 Å². The minimum atomic E-state index is -0.267. The predicted octanol–water partition coefficient (Wildman–Crippen LogP) is 4.04. The molecule has 0 atom stereocenters. The van der Waals surface area contributed by atoms with Gasteiger partial charge in [0, 0.05) is 29.7 Å². The van der Waals surface area contributed by atoms with E-state index in [-0.39, 0.29) is 12.5 Å². The van der Waals surface area contributed by atoms with Crippen LogP contribution in [0.3, 0.4) is 0 Å². The molecule has 0 bridgehead atoms. The largest absolute Gasteiger partial charge is 0.299 e. The first-order valence-electron chi connectivity index (χ1n) is 6.12. The molecule has 1 aromatic rings. The van der Waals surface area contributed by atoms with Crippen LogP contribution in [0.15, 0.2) is 28.2 Å². The monoisotopic (exact) mass is 315 g/mol. The van der Waals surface area contributed by atoms with Crippen LogP contribution in [0.1, 0.15) is 18.4 Å². The fraction of sp³-hybridized carbons (Fsp3) is 0.429. The summed E-state index contributed by atoms with van der Waals surface area (Å²) in [5, 5.41) is 0. The molecule has 1 aliphatic heterocycles. The number of halogens is 3. The van der Waals surface area contributed by atoms with E-state index in [1.54, 1.807) is 6.07 Å². The maximum absolute atomic E-state index is 13.7. The summed E-state index contributed by atoms with van der Waals surface area (Å²) in [6, 6.07) is 5.09. The van der Waals surface area contributed by atoms with Gasteiger partial charge in [0.1, 0.15) is 5.82 Å². The summed E-state index contributed by atoms with van der Waals surface area (Å²) >= 11 is 3.24. The standard InChI is InChI=1S/C14H16BrF2N/c15-13-3-2-12(14(17)9-13)8-11-4-7-18(10-11)6-1-5-16/h2-3,8-9H,1,4-7,10H2. The third-order valence-corrected chi connectivity index (χ3v) is 3.60. The minimum Gasteiger partial charge on any atom is -0.299 e. The summed E-state index contributed by atoms with van der Waals surface area (Å²) < 4.78 is 26.5. The summed E-state index contributed by atoms with van der Waals surface area (Å²) in [5.74, 6) is -0.209. The highest BCUT2D eigenvalue weighted by Gasteiger charge is 2.16. The van der Waals surface area contributed by atoms with E-state index in [1.165, 1.54) is 11.6 Å². The molecule has 0 aromatic heterocycles. The second kappa shape index (κ2) is 6.43. The Kier molecular flexibility index (Phi) is 4.89. The molecular weight excluding hydrogens is 300 g/mol. The van der Waals surface area contributed by atoms with Crippen LogP contribution >= 0.6 is 15.9 Å². The second-order valence-corrected chi connectivity index (χ2v) is 5.45. The molecule has 1 aromatic carbocycles. The molecule has 1 nitrogen and oxygen atoms in total. The second-order valence-electron chi connectivity index (χ2n) is 4.54. The summed E-state index contributed by atoms with van der Waals surface area (Å²) in [7, 11) is 0. The number of hydrogen-bond donors (Lipinski definition) is 0. The highest BCUT2D eigenvalue weighted by molar-refractivity contribution is 9.10. The van der Waals surface area contributed by atoms with Gasteiger partial charge in [-0.2, -0.15) is 0 Å². The molecule has 0 radical (unpaired) electrons. The Labute approximate surface area is 115 Å². The van der Waals surface area contributed by atoms with Crippen LogP contribution in [0.25, 0.3) is 6.08 Å². The summed E-state index contributed by atoms with van der Waals surface area (Å²) in [6.07, 6.45) is 3.44. The first-order chi connectivity index (χ1) is 8.69. The normalized spacial score (nSPS) is 18.7. The topological polar surface area (TPSA) is 3.24 Å². The Morgan fingerprint density at radius 3 is 2.94 bits per heavy atom. The highest BCUT2D eigenvalue weighted by Crippen LogP contribution is 2.22. The van der Waals surface area contributed by atoms with E-state index in [0.29, 0.717) is 12.0 Å². The molecule has 2 rings (SSSR count). The van der Waals surface area contributed by atoms with Crippen molar-refractivity contribution in [1.29, 1.82) is 0 Å². The summed E-state index contributed by atoms with van der Waals surface area (Å²) in [5.41, 5.74) is 1.84. The van der Waals surface area contributed by atoms with Crippen molar-refractivity contribution in [2.24, 2.45) is 0 Å². The first-order valence-corrected chi connectivity index (χ1v) is 6.91. The lowest BCUT2D eigenvalue weighted by molar-refractivity contribution is 0.317. The molecular formula is C14H16BrF2N. The van der Waals surface area contributed by atoms with E-state index in [4.69, 9.17) is 0 Å². The summed E-state index contributed by atoms with van der Waals surface area (Å²) in [6.45, 7) is 2.30. The van der Waals surface area contributed by atoms with Crippen LogP contribution in [0.2, 0.25) is 0 Å². The van der Waals surface area contributed by atoms with E-state index in [0.717, 1.165) is 30.5 Å². The molecule has 1 saturated heterocycles. The SMILES string of the molecule is FCCCN1CCC(=Cc2ccc(Br)cc2F)C1. The lowest BCUT2D eigenvalue weighted by Gasteiger charge is -2.12. The molecule has 1 fully saturated rings. The lowest BCUT2D eigenvalue weighted by atomic mass is 10.1. The van der Waals surface area contributed by atoms with Gasteiger partial charge in [-0.3, -0.25) is 9.29 Å². The van der Waals surface area contributed by atoms with E-state index in [9.17, 15) is 8.78 Å². The predicted molar refractivity (Wildman–Crippen MR) is 73.7 cm³/mol. The molecule has 0 amide bonds. The van der Waals surface area contributed by atoms with Gasteiger partial charge in [0.25, 0.3) is 0 Å². The molecule has 4 heteroatoms. The Balaban J connectivity index is 2.02. The zero-order valence-corrected chi connectivity index (χ0v) is 11.7. The third-order valence-electron chi connectivity index (χ3n) is 3.11. The van der Waals surface area contributed by atoms with Crippen molar-refractivity contribution in [2.45, 2.75) is 12.8 Å². The molecule has 1 heterocycles. The number of nitrogens with zero attached hydrogens (tertiary/aromatic N) is 1. The fourth-order valence-corrected chi connectivity index (χ4v) is 2.51. The fourth-order valence-electron chi connectivity index (χ4n) is 2.18. The maximum atomic E-state index is 13.7. The smallest absolute Gasteiger partial charge is 0.131 e. The van der Waals surface area contributed by atoms with Gasteiger partial charge in [-0.25, -0.2) is 4.39 Å². The van der Waals surface area contributed by atoms with Gasteiger partial charge >= 0.3 is 0 Å². The average molecular weight is 316 g/mol. The van der Waals surface area contributed by atoms with Gasteiger partial charge in [0.05, 0.1) is 6.67 Å². The van der Waals surface area contributed by atoms with Crippen molar-refractivity contribution in [3.8, 4) is 0 Å². The van der Waals surface area contributed by atoms with E-state index >= 15 is 0 Å². The number of benzene rings is 1. The lowest BCUT2D eigenvalue weighted by Crippen LogP contribution is -2.20. The number of likely N-dealkylation sites (tertiary alicyclic amines) is 1. The van der Waals surface area contributed by atoms with Crippen molar-refractivity contribution < 1.29 is 8.78 Å². The molecule has 0 N–H and O–H groups in total. The Morgan fingerprint density at radius 2 is 2.22 bits per heavy atom. The van der Waals surface area contributed by atoms with Crippen molar-refractivity contribution in [1.82, 2.24) is 4.90 Å². The van der Waals surface area contributed by atoms with Gasteiger partial charge in [-0.15, -0.1) is 0 Å². The van der Waals surface area contributed by atoms with Crippen LogP contribution in [0, 0.1) is 5.82 Å². The van der Waals surface area contributed by atoms with Gasteiger partial charge in [-0.05, 0) is 25.0 Å². The Morgan fingerprint density at radius 1 is 1.39 bits per heavy atom.